The normalized spacial score (nSPS) is 10.8. The van der Waals surface area contributed by atoms with Crippen LogP contribution >= 0.6 is 0 Å². The summed E-state index contributed by atoms with van der Waals surface area (Å²) in [7, 11) is 0. The van der Waals surface area contributed by atoms with E-state index < -0.39 is 25.1 Å². The van der Waals surface area contributed by atoms with Crippen molar-refractivity contribution in [3.8, 4) is 0 Å². The van der Waals surface area contributed by atoms with Gasteiger partial charge in [-0.2, -0.15) is 5.10 Å². The molecule has 10 heteroatoms. The Labute approximate surface area is 161 Å². The molecule has 0 aliphatic carbocycles. The second-order valence-electron chi connectivity index (χ2n) is 4.06. The number of halogens is 3. The van der Waals surface area contributed by atoms with Crippen molar-refractivity contribution in [3.05, 3.63) is 42.1 Å². The molecular formula is C11H10BF3KN3O2. The summed E-state index contributed by atoms with van der Waals surface area (Å²) in [6.45, 7) is -5.56. The van der Waals surface area contributed by atoms with E-state index in [1.165, 1.54) is 0 Å². The third-order valence-electron chi connectivity index (χ3n) is 2.43. The van der Waals surface area contributed by atoms with Gasteiger partial charge in [-0.15, -0.1) is 0 Å². The number of carbonyl (C=O) groups is 1. The van der Waals surface area contributed by atoms with Gasteiger partial charge < -0.3 is 17.7 Å². The van der Waals surface area contributed by atoms with E-state index in [0.717, 1.165) is 10.2 Å². The Morgan fingerprint density at radius 3 is 2.48 bits per heavy atom. The van der Waals surface area contributed by atoms with Crippen molar-refractivity contribution in [1.82, 2.24) is 15.0 Å². The average Bonchev–Trinajstić information content (AvgIpc) is 2.86. The first-order valence-electron chi connectivity index (χ1n) is 5.74. The van der Waals surface area contributed by atoms with Gasteiger partial charge in [-0.25, -0.2) is 4.68 Å². The first kappa shape index (κ1) is 18.4. The summed E-state index contributed by atoms with van der Waals surface area (Å²) < 4.78 is 42.7. The standard InChI is InChI=1S/C11H10BF3N3O2.K/c13-12(14,15)10-6-18(17-16-10)7-11(19)20-8-9-4-2-1-3-5-9;/h1-6H,7-8H2;/q-1;+1. The van der Waals surface area contributed by atoms with Gasteiger partial charge in [0, 0.05) is 11.8 Å². The number of esters is 1. The molecular weight excluding hydrogens is 313 g/mol. The Bertz CT molecular complexity index is 592. The Morgan fingerprint density at radius 1 is 1.24 bits per heavy atom. The molecule has 0 amide bonds. The van der Waals surface area contributed by atoms with Crippen molar-refractivity contribution in [2.24, 2.45) is 0 Å². The van der Waals surface area contributed by atoms with E-state index in [2.05, 4.69) is 10.3 Å². The number of carbonyl (C=O) groups excluding carboxylic acids is 1. The third kappa shape index (κ3) is 5.91. The summed E-state index contributed by atoms with van der Waals surface area (Å²) in [4.78, 5) is 11.5. The molecule has 5 nitrogen and oxygen atoms in total. The molecule has 0 fully saturated rings. The van der Waals surface area contributed by atoms with Gasteiger partial charge in [0.1, 0.15) is 13.2 Å². The van der Waals surface area contributed by atoms with Gasteiger partial charge in [0.2, 0.25) is 0 Å². The van der Waals surface area contributed by atoms with Crippen molar-refractivity contribution in [2.75, 3.05) is 0 Å². The van der Waals surface area contributed by atoms with Crippen LogP contribution in [0.3, 0.4) is 0 Å². The summed E-state index contributed by atoms with van der Waals surface area (Å²) in [5, 5.41) is 6.21. The van der Waals surface area contributed by atoms with Crippen molar-refractivity contribution in [3.63, 3.8) is 0 Å². The SMILES string of the molecule is O=C(Cn1cc([B-](F)(F)F)nn1)OCc1ccccc1.[K+]. The van der Waals surface area contributed by atoms with Gasteiger partial charge >= 0.3 is 64.3 Å². The van der Waals surface area contributed by atoms with Crippen LogP contribution in [-0.2, 0) is 22.7 Å². The summed E-state index contributed by atoms with van der Waals surface area (Å²) in [5.41, 5.74) is -0.292. The molecule has 0 aliphatic rings. The number of rotatable bonds is 5. The number of nitrogens with zero attached hydrogens (tertiary/aromatic N) is 3. The molecule has 0 bridgehead atoms. The molecule has 0 spiro atoms. The van der Waals surface area contributed by atoms with E-state index >= 15 is 0 Å². The number of ether oxygens (including phenoxy) is 1. The number of aromatic nitrogens is 3. The Morgan fingerprint density at radius 2 is 1.90 bits per heavy atom. The average molecular weight is 323 g/mol. The fourth-order valence-electron chi connectivity index (χ4n) is 1.46. The van der Waals surface area contributed by atoms with Crippen LogP contribution in [0.4, 0.5) is 12.9 Å². The third-order valence-corrected chi connectivity index (χ3v) is 2.43. The zero-order valence-electron chi connectivity index (χ0n) is 11.2. The quantitative estimate of drug-likeness (QED) is 0.476. The fourth-order valence-corrected chi connectivity index (χ4v) is 1.46. The van der Waals surface area contributed by atoms with Gasteiger partial charge in [0.05, 0.1) is 0 Å². The van der Waals surface area contributed by atoms with Crippen LogP contribution in [0.5, 0.6) is 0 Å². The number of hydrogen-bond acceptors (Lipinski definition) is 4. The Kier molecular flexibility index (Phi) is 7.07. The van der Waals surface area contributed by atoms with Crippen LogP contribution < -0.4 is 57.0 Å². The van der Waals surface area contributed by atoms with Crippen molar-refractivity contribution in [1.29, 1.82) is 0 Å². The van der Waals surface area contributed by atoms with Gasteiger partial charge in [-0.05, 0) is 5.56 Å². The van der Waals surface area contributed by atoms with E-state index in [9.17, 15) is 17.7 Å². The van der Waals surface area contributed by atoms with Crippen molar-refractivity contribution < 1.29 is 73.9 Å². The Hall–Kier alpha value is -0.679. The molecule has 21 heavy (non-hydrogen) atoms. The number of hydrogen-bond donors (Lipinski definition) is 0. The maximum absolute atomic E-state index is 12.3. The van der Waals surface area contributed by atoms with Gasteiger partial charge in [0.25, 0.3) is 0 Å². The second kappa shape index (κ2) is 8.09. The molecule has 1 aromatic heterocycles. The first-order chi connectivity index (χ1) is 9.45. The number of benzene rings is 1. The van der Waals surface area contributed by atoms with Crippen LogP contribution in [-0.4, -0.2) is 27.9 Å². The molecule has 0 saturated carbocycles. The second-order valence-corrected chi connectivity index (χ2v) is 4.06. The topological polar surface area (TPSA) is 57.0 Å². The molecule has 2 rings (SSSR count). The van der Waals surface area contributed by atoms with E-state index in [4.69, 9.17) is 4.74 Å². The predicted molar refractivity (Wildman–Crippen MR) is 65.0 cm³/mol. The van der Waals surface area contributed by atoms with E-state index in [-0.39, 0.29) is 58.0 Å². The van der Waals surface area contributed by atoms with Crippen LogP contribution in [0.15, 0.2) is 36.5 Å². The molecule has 2 aromatic rings. The minimum Gasteiger partial charge on any atom is -0.459 e. The van der Waals surface area contributed by atoms with Crippen LogP contribution in [0.1, 0.15) is 5.56 Å². The molecule has 0 saturated heterocycles. The smallest absolute Gasteiger partial charge is 0.459 e. The summed E-state index contributed by atoms with van der Waals surface area (Å²) in [5.74, 6) is -0.681. The molecule has 0 radical (unpaired) electrons. The van der Waals surface area contributed by atoms with Crippen LogP contribution in [0, 0.1) is 0 Å². The van der Waals surface area contributed by atoms with Crippen LogP contribution in [0.25, 0.3) is 0 Å². The summed E-state index contributed by atoms with van der Waals surface area (Å²) in [6.07, 6.45) is 0.684. The predicted octanol–water partition coefficient (Wildman–Crippen LogP) is -1.92. The summed E-state index contributed by atoms with van der Waals surface area (Å²) >= 11 is 0. The summed E-state index contributed by atoms with van der Waals surface area (Å²) in [6, 6.07) is 8.94. The Balaban J connectivity index is 0.00000220. The van der Waals surface area contributed by atoms with Crippen LogP contribution in [0.2, 0.25) is 0 Å². The van der Waals surface area contributed by atoms with Gasteiger partial charge in [0.15, 0.2) is 0 Å². The van der Waals surface area contributed by atoms with E-state index in [0.29, 0.717) is 6.20 Å². The molecule has 0 atom stereocenters. The maximum Gasteiger partial charge on any atom is 1.00 e. The van der Waals surface area contributed by atoms with E-state index in [1.807, 2.05) is 6.07 Å². The largest absolute Gasteiger partial charge is 1.00 e. The van der Waals surface area contributed by atoms with E-state index in [1.54, 1.807) is 24.3 Å². The van der Waals surface area contributed by atoms with Crippen molar-refractivity contribution in [2.45, 2.75) is 13.2 Å². The maximum atomic E-state index is 12.3. The molecule has 0 N–H and O–H groups in total. The minimum atomic E-state index is -5.21. The first-order valence-corrected chi connectivity index (χ1v) is 5.74. The van der Waals surface area contributed by atoms with Gasteiger partial charge in [-0.3, -0.25) is 4.79 Å². The molecule has 1 aromatic carbocycles. The zero-order valence-corrected chi connectivity index (χ0v) is 14.4. The molecule has 0 unspecified atom stereocenters. The molecule has 1 heterocycles. The molecule has 0 aliphatic heterocycles. The minimum absolute atomic E-state index is 0. The monoisotopic (exact) mass is 323 g/mol. The van der Waals surface area contributed by atoms with Gasteiger partial charge in [-0.1, -0.05) is 35.5 Å². The molecule has 106 valence electrons. The van der Waals surface area contributed by atoms with Crippen molar-refractivity contribution >= 4 is 18.5 Å². The zero-order chi connectivity index (χ0) is 14.6. The fraction of sp³-hybridized carbons (Fsp3) is 0.182.